The van der Waals surface area contributed by atoms with Crippen molar-refractivity contribution in [3.63, 3.8) is 0 Å². The summed E-state index contributed by atoms with van der Waals surface area (Å²) < 4.78 is 10.5. The van der Waals surface area contributed by atoms with Crippen molar-refractivity contribution in [2.24, 2.45) is 10.4 Å². The fourth-order valence-corrected chi connectivity index (χ4v) is 2.96. The minimum Gasteiger partial charge on any atom is -0.385 e. The van der Waals surface area contributed by atoms with Gasteiger partial charge in [0, 0.05) is 45.7 Å². The molecule has 25 heavy (non-hydrogen) atoms. The molecule has 142 valence electrons. The van der Waals surface area contributed by atoms with Crippen LogP contribution in [0.3, 0.4) is 0 Å². The fraction of sp³-hybridized carbons (Fsp3) is 0.833. The van der Waals surface area contributed by atoms with Crippen LogP contribution in [0.2, 0.25) is 0 Å². The van der Waals surface area contributed by atoms with Crippen LogP contribution in [0.4, 0.5) is 0 Å². The largest absolute Gasteiger partial charge is 0.385 e. The van der Waals surface area contributed by atoms with Crippen molar-refractivity contribution in [3.8, 4) is 0 Å². The van der Waals surface area contributed by atoms with Crippen molar-refractivity contribution in [3.05, 3.63) is 11.7 Å². The third-order valence-electron chi connectivity index (χ3n) is 4.80. The van der Waals surface area contributed by atoms with Gasteiger partial charge < -0.3 is 19.9 Å². The van der Waals surface area contributed by atoms with E-state index in [9.17, 15) is 0 Å². The minimum atomic E-state index is 0.287. The molecule has 2 rings (SSSR count). The predicted octanol–water partition coefficient (Wildman–Crippen LogP) is 2.50. The topological polar surface area (TPSA) is 84.6 Å². The zero-order chi connectivity index (χ0) is 18.1. The number of aromatic nitrogens is 2. The molecule has 0 atom stereocenters. The predicted molar refractivity (Wildman–Crippen MR) is 98.8 cm³/mol. The van der Waals surface area contributed by atoms with Crippen LogP contribution < -0.4 is 10.6 Å². The number of rotatable bonds is 10. The summed E-state index contributed by atoms with van der Waals surface area (Å²) in [6, 6.07) is 0. The van der Waals surface area contributed by atoms with Gasteiger partial charge in [-0.3, -0.25) is 4.99 Å². The van der Waals surface area contributed by atoms with E-state index < -0.39 is 0 Å². The minimum absolute atomic E-state index is 0.287. The molecule has 0 bridgehead atoms. The highest BCUT2D eigenvalue weighted by atomic mass is 16.5. The lowest BCUT2D eigenvalue weighted by atomic mass is 9.67. The van der Waals surface area contributed by atoms with Gasteiger partial charge in [-0.1, -0.05) is 25.4 Å². The number of guanidine groups is 1. The van der Waals surface area contributed by atoms with Crippen molar-refractivity contribution in [1.82, 2.24) is 20.8 Å². The quantitative estimate of drug-likeness (QED) is 0.498. The molecule has 0 unspecified atom stereocenters. The van der Waals surface area contributed by atoms with E-state index in [-0.39, 0.29) is 5.92 Å². The number of hydrogen-bond acceptors (Lipinski definition) is 5. The third kappa shape index (κ3) is 5.99. The van der Waals surface area contributed by atoms with Crippen molar-refractivity contribution in [1.29, 1.82) is 0 Å². The summed E-state index contributed by atoms with van der Waals surface area (Å²) in [7, 11) is 1.77. The fourth-order valence-electron chi connectivity index (χ4n) is 2.96. The molecule has 1 saturated carbocycles. The van der Waals surface area contributed by atoms with Crippen molar-refractivity contribution in [2.45, 2.75) is 58.8 Å². The van der Waals surface area contributed by atoms with Gasteiger partial charge >= 0.3 is 0 Å². The van der Waals surface area contributed by atoms with Crippen LogP contribution >= 0.6 is 0 Å². The standard InChI is InChI=1S/C18H33N5O2/c1-5-19-17(21-13-18(8-6-9-18)10-12-24-4)20-11-7-15-22-16(14(2)3)23-25-15/h14H,5-13H2,1-4H3,(H2,19,20,21). The molecular weight excluding hydrogens is 318 g/mol. The molecule has 0 amide bonds. The summed E-state index contributed by atoms with van der Waals surface area (Å²) in [5.41, 5.74) is 0.330. The smallest absolute Gasteiger partial charge is 0.228 e. The highest BCUT2D eigenvalue weighted by Gasteiger charge is 2.36. The van der Waals surface area contributed by atoms with Crippen molar-refractivity contribution < 1.29 is 9.26 Å². The zero-order valence-electron chi connectivity index (χ0n) is 16.1. The van der Waals surface area contributed by atoms with Gasteiger partial charge in [0.15, 0.2) is 11.8 Å². The number of aliphatic imine (C=N–C) groups is 1. The van der Waals surface area contributed by atoms with E-state index in [0.29, 0.717) is 17.7 Å². The average molecular weight is 351 g/mol. The van der Waals surface area contributed by atoms with E-state index >= 15 is 0 Å². The van der Waals surface area contributed by atoms with E-state index in [1.807, 2.05) is 0 Å². The van der Waals surface area contributed by atoms with Crippen molar-refractivity contribution >= 4 is 5.96 Å². The number of hydrogen-bond donors (Lipinski definition) is 2. The summed E-state index contributed by atoms with van der Waals surface area (Å²) in [5, 5.41) is 10.7. The van der Waals surface area contributed by atoms with Crippen LogP contribution in [0.25, 0.3) is 0 Å². The van der Waals surface area contributed by atoms with E-state index in [0.717, 1.165) is 44.4 Å². The van der Waals surface area contributed by atoms with Gasteiger partial charge in [0.2, 0.25) is 5.89 Å². The molecule has 7 nitrogen and oxygen atoms in total. The Balaban J connectivity index is 1.82. The maximum atomic E-state index is 5.28. The molecule has 1 aromatic heterocycles. The highest BCUT2D eigenvalue weighted by Crippen LogP contribution is 2.44. The van der Waals surface area contributed by atoms with Crippen LogP contribution in [0.15, 0.2) is 9.52 Å². The van der Waals surface area contributed by atoms with Gasteiger partial charge in [-0.25, -0.2) is 0 Å². The molecule has 1 heterocycles. The second-order valence-corrected chi connectivity index (χ2v) is 7.17. The molecule has 1 aromatic rings. The molecular formula is C18H33N5O2. The van der Waals surface area contributed by atoms with E-state index in [4.69, 9.17) is 14.3 Å². The molecule has 1 fully saturated rings. The molecule has 0 aliphatic heterocycles. The first-order valence-electron chi connectivity index (χ1n) is 9.42. The number of methoxy groups -OCH3 is 1. The zero-order valence-corrected chi connectivity index (χ0v) is 16.1. The molecule has 2 N–H and O–H groups in total. The SMILES string of the molecule is CCNC(=NCC1(CCOC)CCC1)NCCc1nc(C(C)C)no1. The monoisotopic (exact) mass is 351 g/mol. The molecule has 1 aliphatic carbocycles. The molecule has 1 aliphatic rings. The lowest BCUT2D eigenvalue weighted by Crippen LogP contribution is -2.41. The Morgan fingerprint density at radius 3 is 2.72 bits per heavy atom. The Morgan fingerprint density at radius 2 is 2.16 bits per heavy atom. The second kappa shape index (κ2) is 9.75. The second-order valence-electron chi connectivity index (χ2n) is 7.17. The van der Waals surface area contributed by atoms with Crippen molar-refractivity contribution in [2.75, 3.05) is 33.4 Å². The molecule has 0 aromatic carbocycles. The lowest BCUT2D eigenvalue weighted by Gasteiger charge is -2.40. The number of nitrogens with zero attached hydrogens (tertiary/aromatic N) is 3. The van der Waals surface area contributed by atoms with Gasteiger partial charge in [0.1, 0.15) is 0 Å². The Kier molecular flexibility index (Phi) is 7.68. The Morgan fingerprint density at radius 1 is 1.36 bits per heavy atom. The Bertz CT molecular complexity index is 537. The summed E-state index contributed by atoms with van der Waals surface area (Å²) in [6.07, 6.45) is 5.59. The van der Waals surface area contributed by atoms with Gasteiger partial charge in [-0.15, -0.1) is 0 Å². The number of nitrogens with one attached hydrogen (secondary N) is 2. The molecule has 0 radical (unpaired) electrons. The molecule has 7 heteroatoms. The maximum absolute atomic E-state index is 5.28. The first kappa shape index (κ1) is 19.7. The van der Waals surface area contributed by atoms with Gasteiger partial charge in [-0.2, -0.15) is 4.98 Å². The van der Waals surface area contributed by atoms with Crippen LogP contribution in [0, 0.1) is 5.41 Å². The van der Waals surface area contributed by atoms with Crippen LogP contribution in [0.5, 0.6) is 0 Å². The summed E-state index contributed by atoms with van der Waals surface area (Å²) in [6.45, 7) is 9.42. The van der Waals surface area contributed by atoms with E-state index in [2.05, 4.69) is 41.5 Å². The average Bonchev–Trinajstić information content (AvgIpc) is 3.02. The van der Waals surface area contributed by atoms with Gasteiger partial charge in [-0.05, 0) is 31.6 Å². The lowest BCUT2D eigenvalue weighted by molar-refractivity contribution is 0.0778. The van der Waals surface area contributed by atoms with Crippen LogP contribution in [-0.2, 0) is 11.2 Å². The maximum Gasteiger partial charge on any atom is 0.228 e. The highest BCUT2D eigenvalue weighted by molar-refractivity contribution is 5.79. The molecule has 0 spiro atoms. The first-order valence-corrected chi connectivity index (χ1v) is 9.42. The normalized spacial score (nSPS) is 16.8. The molecule has 0 saturated heterocycles. The summed E-state index contributed by atoms with van der Waals surface area (Å²) >= 11 is 0. The Labute approximate surface area is 151 Å². The van der Waals surface area contributed by atoms with Gasteiger partial charge in [0.05, 0.1) is 0 Å². The first-order chi connectivity index (χ1) is 12.1. The van der Waals surface area contributed by atoms with E-state index in [1.54, 1.807) is 7.11 Å². The van der Waals surface area contributed by atoms with E-state index in [1.165, 1.54) is 19.3 Å². The summed E-state index contributed by atoms with van der Waals surface area (Å²) in [4.78, 5) is 9.20. The van der Waals surface area contributed by atoms with Crippen LogP contribution in [0.1, 0.15) is 64.1 Å². The van der Waals surface area contributed by atoms with Gasteiger partial charge in [0.25, 0.3) is 0 Å². The summed E-state index contributed by atoms with van der Waals surface area (Å²) in [5.74, 6) is 2.58. The van der Waals surface area contributed by atoms with Crippen LogP contribution in [-0.4, -0.2) is 49.5 Å². The number of ether oxygens (including phenoxy) is 1. The third-order valence-corrected chi connectivity index (χ3v) is 4.80. The Hall–Kier alpha value is -1.63.